The first-order valence-electron chi connectivity index (χ1n) is 10.2. The van der Waals surface area contributed by atoms with Gasteiger partial charge in [-0.1, -0.05) is 42.5 Å². The smallest absolute Gasteiger partial charge is 0.296 e. The number of nitrogens with zero attached hydrogens (tertiary/aromatic N) is 1. The van der Waals surface area contributed by atoms with Crippen molar-refractivity contribution >= 4 is 40.7 Å². The molecule has 2 fully saturated rings. The number of methoxy groups -OCH3 is 1. The molecule has 0 spiro atoms. The van der Waals surface area contributed by atoms with Crippen LogP contribution in [0.1, 0.15) is 55.2 Å². The van der Waals surface area contributed by atoms with E-state index in [1.807, 2.05) is 0 Å². The number of aliphatic hydroxyl groups excluding tert-OH is 1. The Balaban J connectivity index is 1.93. The molecule has 0 radical (unpaired) electrons. The van der Waals surface area contributed by atoms with Crippen molar-refractivity contribution in [2.45, 2.75) is 51.1 Å². The van der Waals surface area contributed by atoms with Crippen LogP contribution in [0.3, 0.4) is 0 Å². The first-order valence-corrected chi connectivity index (χ1v) is 11.0. The number of aliphatic hydroxyl groups is 1. The molecule has 2 aliphatic rings. The molecular weight excluding hydrogens is 441 g/mol. The summed E-state index contributed by atoms with van der Waals surface area (Å²) in [6.07, 6.45) is 4.67. The Labute approximate surface area is 190 Å². The molecule has 1 saturated carbocycles. The molecule has 31 heavy (non-hydrogen) atoms. The van der Waals surface area contributed by atoms with Crippen molar-refractivity contribution in [3.05, 3.63) is 57.0 Å². The Bertz CT molecular complexity index is 1070. The number of aryl methyl sites for hydroxylation is 1. The van der Waals surface area contributed by atoms with Crippen LogP contribution in [0.25, 0.3) is 5.76 Å². The van der Waals surface area contributed by atoms with E-state index in [0.717, 1.165) is 32.1 Å². The highest BCUT2D eigenvalue weighted by Gasteiger charge is 2.50. The molecule has 4 rings (SSSR count). The number of benzene rings is 1. The summed E-state index contributed by atoms with van der Waals surface area (Å²) < 4.78 is 11.2. The van der Waals surface area contributed by atoms with Gasteiger partial charge in [0.1, 0.15) is 29.1 Å². The second-order valence-electron chi connectivity index (χ2n) is 7.92. The topological polar surface area (TPSA) is 80.0 Å². The number of rotatable bonds is 4. The van der Waals surface area contributed by atoms with Gasteiger partial charge in [-0.2, -0.15) is 0 Å². The number of carbonyl (C=O) groups excluding carboxylic acids is 2. The number of hydrogen-bond acceptors (Lipinski definition) is 5. The van der Waals surface area contributed by atoms with Gasteiger partial charge in [0, 0.05) is 11.1 Å². The van der Waals surface area contributed by atoms with E-state index in [1.165, 1.54) is 19.2 Å². The first kappa shape index (κ1) is 21.8. The summed E-state index contributed by atoms with van der Waals surface area (Å²) in [4.78, 5) is 27.9. The van der Waals surface area contributed by atoms with Crippen molar-refractivity contribution in [3.8, 4) is 5.75 Å². The predicted octanol–water partition coefficient (Wildman–Crippen LogP) is 5.66. The van der Waals surface area contributed by atoms with E-state index in [9.17, 15) is 14.7 Å². The number of Topliss-reactive ketones (excluding diaryl/α,β-unsaturated/α-hetero) is 1. The predicted molar refractivity (Wildman–Crippen MR) is 117 cm³/mol. The van der Waals surface area contributed by atoms with Gasteiger partial charge >= 0.3 is 0 Å². The van der Waals surface area contributed by atoms with Crippen molar-refractivity contribution in [3.63, 3.8) is 0 Å². The van der Waals surface area contributed by atoms with Crippen LogP contribution in [0.4, 0.5) is 0 Å². The van der Waals surface area contributed by atoms with Gasteiger partial charge in [-0.15, -0.1) is 0 Å². The summed E-state index contributed by atoms with van der Waals surface area (Å²) >= 11 is 12.4. The summed E-state index contributed by atoms with van der Waals surface area (Å²) in [6.45, 7) is 1.79. The lowest BCUT2D eigenvalue weighted by atomic mass is 9.92. The zero-order valence-corrected chi connectivity index (χ0v) is 18.8. The highest BCUT2D eigenvalue weighted by Crippen LogP contribution is 2.45. The largest absolute Gasteiger partial charge is 0.507 e. The Morgan fingerprint density at radius 1 is 1.16 bits per heavy atom. The first-order chi connectivity index (χ1) is 14.8. The van der Waals surface area contributed by atoms with Gasteiger partial charge in [-0.05, 0) is 44.0 Å². The third kappa shape index (κ3) is 3.83. The SMILES string of the molecule is COc1c(Cl)cc(Cl)cc1/C(O)=C1\C(=O)C(=O)N(C2CCCCC2)C1c1ccc(C)o1. The van der Waals surface area contributed by atoms with E-state index in [4.69, 9.17) is 32.4 Å². The number of furan rings is 1. The summed E-state index contributed by atoms with van der Waals surface area (Å²) in [5.74, 6) is -0.554. The average molecular weight is 464 g/mol. The second-order valence-corrected chi connectivity index (χ2v) is 8.76. The van der Waals surface area contributed by atoms with Crippen LogP contribution >= 0.6 is 23.2 Å². The van der Waals surface area contributed by atoms with Crippen LogP contribution in [-0.2, 0) is 9.59 Å². The number of amides is 1. The normalized spacial score (nSPS) is 21.7. The molecule has 1 saturated heterocycles. The molecule has 1 aliphatic carbocycles. The van der Waals surface area contributed by atoms with E-state index in [1.54, 1.807) is 24.0 Å². The standard InChI is InChI=1S/C23H23Cl2NO5/c1-12-8-9-17(31-12)19-18(20(27)15-10-13(24)11-16(25)22(15)30-2)21(28)23(29)26(19)14-6-4-3-5-7-14/h8-11,14,19,27H,3-7H2,1-2H3/b20-18+. The van der Waals surface area contributed by atoms with Crippen LogP contribution < -0.4 is 4.74 Å². The number of hydrogen-bond donors (Lipinski definition) is 1. The van der Waals surface area contributed by atoms with Gasteiger partial charge in [0.25, 0.3) is 11.7 Å². The summed E-state index contributed by atoms with van der Waals surface area (Å²) in [5, 5.41) is 11.7. The van der Waals surface area contributed by atoms with Crippen LogP contribution in [-0.4, -0.2) is 34.8 Å². The number of ketones is 1. The number of carbonyl (C=O) groups is 2. The van der Waals surface area contributed by atoms with Crippen molar-refractivity contribution in [2.24, 2.45) is 0 Å². The van der Waals surface area contributed by atoms with Gasteiger partial charge in [0.05, 0.1) is 23.3 Å². The zero-order chi connectivity index (χ0) is 22.3. The van der Waals surface area contributed by atoms with Crippen LogP contribution in [0.15, 0.2) is 34.3 Å². The van der Waals surface area contributed by atoms with Crippen molar-refractivity contribution in [2.75, 3.05) is 7.11 Å². The Morgan fingerprint density at radius 2 is 1.87 bits per heavy atom. The van der Waals surface area contributed by atoms with Gasteiger partial charge < -0.3 is 19.2 Å². The Hall–Kier alpha value is -2.44. The van der Waals surface area contributed by atoms with Gasteiger partial charge in [-0.25, -0.2) is 0 Å². The maximum absolute atomic E-state index is 13.2. The lowest BCUT2D eigenvalue weighted by Crippen LogP contribution is -2.40. The van der Waals surface area contributed by atoms with Crippen molar-refractivity contribution in [1.82, 2.24) is 4.90 Å². The van der Waals surface area contributed by atoms with Gasteiger partial charge in [0.15, 0.2) is 0 Å². The molecular formula is C23H23Cl2NO5. The van der Waals surface area contributed by atoms with E-state index in [-0.39, 0.29) is 33.0 Å². The van der Waals surface area contributed by atoms with Gasteiger partial charge in [0.2, 0.25) is 0 Å². The van der Waals surface area contributed by atoms with Crippen molar-refractivity contribution < 1.29 is 23.8 Å². The minimum absolute atomic E-state index is 0.0541. The van der Waals surface area contributed by atoms with E-state index in [0.29, 0.717) is 11.5 Å². The van der Waals surface area contributed by atoms with Crippen LogP contribution in [0.2, 0.25) is 10.0 Å². The molecule has 1 aliphatic heterocycles. The fourth-order valence-corrected chi connectivity index (χ4v) is 5.12. The van der Waals surface area contributed by atoms with Crippen LogP contribution in [0, 0.1) is 6.92 Å². The Morgan fingerprint density at radius 3 is 2.48 bits per heavy atom. The molecule has 2 aromatic rings. The average Bonchev–Trinajstić information content (AvgIpc) is 3.28. The Kier molecular flexibility index (Phi) is 6.04. The number of ether oxygens (including phenoxy) is 1. The highest BCUT2D eigenvalue weighted by molar-refractivity contribution is 6.47. The third-order valence-corrected chi connectivity index (χ3v) is 6.45. The minimum Gasteiger partial charge on any atom is -0.507 e. The highest BCUT2D eigenvalue weighted by atomic mass is 35.5. The third-order valence-electron chi connectivity index (χ3n) is 5.95. The monoisotopic (exact) mass is 463 g/mol. The minimum atomic E-state index is -0.834. The zero-order valence-electron chi connectivity index (χ0n) is 17.3. The number of likely N-dealkylation sites (tertiary alicyclic amines) is 1. The van der Waals surface area contributed by atoms with Gasteiger partial charge in [-0.3, -0.25) is 9.59 Å². The quantitative estimate of drug-likeness (QED) is 0.359. The fourth-order valence-electron chi connectivity index (χ4n) is 4.55. The van der Waals surface area contributed by atoms with Crippen molar-refractivity contribution in [1.29, 1.82) is 0 Å². The number of halogens is 2. The molecule has 1 aromatic heterocycles. The summed E-state index contributed by atoms with van der Waals surface area (Å²) in [5.41, 5.74) is 0.0940. The molecule has 6 nitrogen and oxygen atoms in total. The molecule has 1 unspecified atom stereocenters. The molecule has 8 heteroatoms. The molecule has 1 aromatic carbocycles. The fraction of sp³-hybridized carbons (Fsp3) is 0.391. The summed E-state index contributed by atoms with van der Waals surface area (Å²) in [6, 6.07) is 5.51. The molecule has 1 N–H and O–H groups in total. The van der Waals surface area contributed by atoms with E-state index < -0.39 is 23.5 Å². The molecule has 2 heterocycles. The molecule has 1 amide bonds. The lowest BCUT2D eigenvalue weighted by molar-refractivity contribution is -0.142. The second kappa shape index (κ2) is 8.60. The summed E-state index contributed by atoms with van der Waals surface area (Å²) in [7, 11) is 1.40. The molecule has 1 atom stereocenters. The molecule has 0 bridgehead atoms. The maximum Gasteiger partial charge on any atom is 0.296 e. The maximum atomic E-state index is 13.2. The molecule has 164 valence electrons. The lowest BCUT2D eigenvalue weighted by Gasteiger charge is -2.34. The van der Waals surface area contributed by atoms with E-state index >= 15 is 0 Å². The van der Waals surface area contributed by atoms with E-state index in [2.05, 4.69) is 0 Å². The van der Waals surface area contributed by atoms with Crippen LogP contribution in [0.5, 0.6) is 5.75 Å².